The summed E-state index contributed by atoms with van der Waals surface area (Å²) < 4.78 is 0. The van der Waals surface area contributed by atoms with E-state index >= 15 is 0 Å². The number of hydrogen-bond acceptors (Lipinski definition) is 7. The number of nitrogens with one attached hydrogen (secondary N) is 2. The van der Waals surface area contributed by atoms with Crippen LogP contribution in [0.5, 0.6) is 0 Å². The Kier molecular flexibility index (Phi) is 5.54. The van der Waals surface area contributed by atoms with Crippen molar-refractivity contribution in [2.75, 3.05) is 43.4 Å². The van der Waals surface area contributed by atoms with Gasteiger partial charge < -0.3 is 20.1 Å². The number of rotatable bonds is 4. The Morgan fingerprint density at radius 1 is 0.889 bits per heavy atom. The molecule has 180 valence electrons. The first kappa shape index (κ1) is 22.1. The zero-order chi connectivity index (χ0) is 24.6. The van der Waals surface area contributed by atoms with E-state index in [4.69, 9.17) is 0 Å². The lowest BCUT2D eigenvalue weighted by Gasteiger charge is -2.33. The van der Waals surface area contributed by atoms with Crippen LogP contribution in [0.3, 0.4) is 0 Å². The van der Waals surface area contributed by atoms with Gasteiger partial charge in [-0.2, -0.15) is 0 Å². The largest absolute Gasteiger partial charge is 0.354 e. The average molecular weight is 479 g/mol. The van der Waals surface area contributed by atoms with Crippen molar-refractivity contribution < 1.29 is 4.79 Å². The summed E-state index contributed by atoms with van der Waals surface area (Å²) in [6.07, 6.45) is 7.02. The quantitative estimate of drug-likeness (QED) is 0.404. The number of amides is 1. The Balaban J connectivity index is 1.24. The number of likely N-dealkylation sites (N-methyl/N-ethyl adjacent to an activating group) is 1. The molecule has 1 saturated heterocycles. The summed E-state index contributed by atoms with van der Waals surface area (Å²) >= 11 is 0. The number of aryl methyl sites for hydroxylation is 1. The third kappa shape index (κ3) is 4.36. The van der Waals surface area contributed by atoms with Gasteiger partial charge in [-0.15, -0.1) is 0 Å². The van der Waals surface area contributed by atoms with Gasteiger partial charge in [0, 0.05) is 77.9 Å². The van der Waals surface area contributed by atoms with Crippen molar-refractivity contribution in [2.24, 2.45) is 0 Å². The zero-order valence-electron chi connectivity index (χ0n) is 20.2. The normalized spacial score (nSPS) is 14.4. The van der Waals surface area contributed by atoms with Gasteiger partial charge in [0.1, 0.15) is 17.3 Å². The van der Waals surface area contributed by atoms with E-state index in [0.29, 0.717) is 11.4 Å². The van der Waals surface area contributed by atoms with Gasteiger partial charge in [-0.05, 0) is 50.4 Å². The van der Waals surface area contributed by atoms with E-state index in [9.17, 15) is 4.79 Å². The summed E-state index contributed by atoms with van der Waals surface area (Å²) in [6.45, 7) is 5.75. The standard InChI is InChI=1S/C27H26N8O/c1-17-9-20-11-22(15-31-26(20)32-17)21-10-19-12-24(30-16-23(19)29-14-21)33-27(36)18-3-4-28-25(13-18)35-7-5-34(2)6-8-35/h3-4,9-16H,5-8H2,1-2H3,(H,31,32)(H,30,33,36). The number of pyridine rings is 4. The average Bonchev–Trinajstić information content (AvgIpc) is 3.28. The van der Waals surface area contributed by atoms with Crippen molar-refractivity contribution in [3.63, 3.8) is 0 Å². The molecule has 1 aliphatic rings. The number of piperazine rings is 1. The summed E-state index contributed by atoms with van der Waals surface area (Å²) in [4.78, 5) is 38.7. The van der Waals surface area contributed by atoms with Crippen LogP contribution in [-0.4, -0.2) is 69.0 Å². The molecule has 36 heavy (non-hydrogen) atoms. The SMILES string of the molecule is Cc1cc2cc(-c3cnc4cnc(NC(=O)c5ccnc(N6CCN(C)CC6)c5)cc4c3)cnc2[nH]1. The first-order chi connectivity index (χ1) is 17.5. The fourth-order valence-electron chi connectivity index (χ4n) is 4.52. The number of fused-ring (bicyclic) bond motifs is 2. The first-order valence-corrected chi connectivity index (χ1v) is 11.9. The number of carbonyl (C=O) groups is 1. The minimum Gasteiger partial charge on any atom is -0.354 e. The second kappa shape index (κ2) is 9.01. The molecular formula is C27H26N8O. The van der Waals surface area contributed by atoms with E-state index in [1.54, 1.807) is 18.5 Å². The molecule has 5 aromatic heterocycles. The van der Waals surface area contributed by atoms with Gasteiger partial charge in [0.25, 0.3) is 5.91 Å². The van der Waals surface area contributed by atoms with Crippen LogP contribution in [0.25, 0.3) is 33.1 Å². The number of anilines is 2. The highest BCUT2D eigenvalue weighted by Crippen LogP contribution is 2.26. The topological polar surface area (TPSA) is 103 Å². The van der Waals surface area contributed by atoms with Gasteiger partial charge in [-0.3, -0.25) is 9.78 Å². The van der Waals surface area contributed by atoms with E-state index in [0.717, 1.165) is 70.8 Å². The Hall–Kier alpha value is -4.37. The van der Waals surface area contributed by atoms with Crippen LogP contribution >= 0.6 is 0 Å². The zero-order valence-corrected chi connectivity index (χ0v) is 20.2. The third-order valence-electron chi connectivity index (χ3n) is 6.58. The van der Waals surface area contributed by atoms with Crippen LogP contribution in [-0.2, 0) is 0 Å². The Morgan fingerprint density at radius 3 is 2.50 bits per heavy atom. The molecule has 0 spiro atoms. The molecule has 1 fully saturated rings. The van der Waals surface area contributed by atoms with E-state index in [1.807, 2.05) is 37.5 Å². The van der Waals surface area contributed by atoms with Crippen molar-refractivity contribution in [3.05, 3.63) is 72.4 Å². The lowest BCUT2D eigenvalue weighted by molar-refractivity contribution is 0.102. The van der Waals surface area contributed by atoms with Crippen LogP contribution in [0.1, 0.15) is 16.1 Å². The molecule has 0 radical (unpaired) electrons. The highest BCUT2D eigenvalue weighted by atomic mass is 16.1. The van der Waals surface area contributed by atoms with Crippen LogP contribution in [0.15, 0.2) is 61.2 Å². The lowest BCUT2D eigenvalue weighted by Crippen LogP contribution is -2.44. The second-order valence-electron chi connectivity index (χ2n) is 9.25. The Labute approximate surface area is 208 Å². The predicted octanol–water partition coefficient (Wildman–Crippen LogP) is 3.88. The van der Waals surface area contributed by atoms with Crippen LogP contribution in [0, 0.1) is 6.92 Å². The van der Waals surface area contributed by atoms with Gasteiger partial charge >= 0.3 is 0 Å². The summed E-state index contributed by atoms with van der Waals surface area (Å²) in [5, 5.41) is 4.87. The maximum Gasteiger partial charge on any atom is 0.257 e. The fraction of sp³-hybridized carbons (Fsp3) is 0.222. The first-order valence-electron chi connectivity index (χ1n) is 11.9. The fourth-order valence-corrected chi connectivity index (χ4v) is 4.52. The number of nitrogens with zero attached hydrogens (tertiary/aromatic N) is 6. The molecule has 0 aromatic carbocycles. The smallest absolute Gasteiger partial charge is 0.257 e. The number of carbonyl (C=O) groups excluding carboxylic acids is 1. The molecule has 9 heteroatoms. The van der Waals surface area contributed by atoms with E-state index in [2.05, 4.69) is 59.2 Å². The summed E-state index contributed by atoms with van der Waals surface area (Å²) in [6, 6.07) is 11.6. The minimum atomic E-state index is -0.221. The molecule has 0 atom stereocenters. The molecule has 6 rings (SSSR count). The van der Waals surface area contributed by atoms with E-state index in [-0.39, 0.29) is 5.91 Å². The summed E-state index contributed by atoms with van der Waals surface area (Å²) in [7, 11) is 2.11. The van der Waals surface area contributed by atoms with Gasteiger partial charge in [0.15, 0.2) is 0 Å². The molecule has 9 nitrogen and oxygen atoms in total. The van der Waals surface area contributed by atoms with Gasteiger partial charge in [-0.25, -0.2) is 15.0 Å². The highest BCUT2D eigenvalue weighted by molar-refractivity contribution is 6.04. The maximum atomic E-state index is 13.0. The molecular weight excluding hydrogens is 452 g/mol. The summed E-state index contributed by atoms with van der Waals surface area (Å²) in [5.74, 6) is 1.07. The minimum absolute atomic E-state index is 0.221. The van der Waals surface area contributed by atoms with Crippen molar-refractivity contribution >= 4 is 39.5 Å². The number of aromatic amines is 1. The molecule has 0 aliphatic carbocycles. The maximum absolute atomic E-state index is 13.0. The van der Waals surface area contributed by atoms with Crippen LogP contribution in [0.4, 0.5) is 11.6 Å². The number of H-pyrrole nitrogens is 1. The van der Waals surface area contributed by atoms with Gasteiger partial charge in [-0.1, -0.05) is 0 Å². The number of aromatic nitrogens is 5. The van der Waals surface area contributed by atoms with Crippen molar-refractivity contribution in [3.8, 4) is 11.1 Å². The molecule has 1 aliphatic heterocycles. The third-order valence-corrected chi connectivity index (χ3v) is 6.58. The number of hydrogen-bond donors (Lipinski definition) is 2. The van der Waals surface area contributed by atoms with Crippen LogP contribution < -0.4 is 10.2 Å². The molecule has 6 heterocycles. The Morgan fingerprint density at radius 2 is 1.67 bits per heavy atom. The molecule has 2 N–H and O–H groups in total. The van der Waals surface area contributed by atoms with Crippen molar-refractivity contribution in [2.45, 2.75) is 6.92 Å². The van der Waals surface area contributed by atoms with Gasteiger partial charge in [0.05, 0.1) is 11.7 Å². The van der Waals surface area contributed by atoms with Crippen LogP contribution in [0.2, 0.25) is 0 Å². The van der Waals surface area contributed by atoms with Crippen molar-refractivity contribution in [1.29, 1.82) is 0 Å². The highest BCUT2D eigenvalue weighted by Gasteiger charge is 2.17. The molecule has 0 unspecified atom stereocenters. The molecule has 1 amide bonds. The predicted molar refractivity (Wildman–Crippen MR) is 141 cm³/mol. The van der Waals surface area contributed by atoms with E-state index < -0.39 is 0 Å². The van der Waals surface area contributed by atoms with Crippen molar-refractivity contribution in [1.82, 2.24) is 29.8 Å². The molecule has 0 bridgehead atoms. The van der Waals surface area contributed by atoms with E-state index in [1.165, 1.54) is 0 Å². The van der Waals surface area contributed by atoms with Gasteiger partial charge in [0.2, 0.25) is 0 Å². The molecule has 0 saturated carbocycles. The lowest BCUT2D eigenvalue weighted by atomic mass is 10.1. The Bertz CT molecular complexity index is 1590. The second-order valence-corrected chi connectivity index (χ2v) is 9.25. The molecule has 5 aromatic rings. The monoisotopic (exact) mass is 478 g/mol. The summed E-state index contributed by atoms with van der Waals surface area (Å²) in [5.41, 5.74) is 5.17.